The summed E-state index contributed by atoms with van der Waals surface area (Å²) in [4.78, 5) is 1.13. The van der Waals surface area contributed by atoms with Crippen LogP contribution in [0.25, 0.3) is 17.3 Å². The van der Waals surface area contributed by atoms with Gasteiger partial charge < -0.3 is 9.32 Å². The van der Waals surface area contributed by atoms with E-state index in [4.69, 9.17) is 21.7 Å². The minimum atomic E-state index is -0.227. The Hall–Kier alpha value is -3.03. The first-order valence-corrected chi connectivity index (χ1v) is 9.37. The standard InChI is InChI=1S/C21H19FN4OS/c1-24(14-16-7-5-8-17(22)13-16)15-25-21(28)26(18-9-3-2-4-10-18)20(23-25)19-11-6-12-27-19/h2-13H,14-15H2,1H3/p+1. The summed E-state index contributed by atoms with van der Waals surface area (Å²) >= 11 is 5.72. The molecule has 0 aliphatic carbocycles. The van der Waals surface area contributed by atoms with E-state index >= 15 is 0 Å². The van der Waals surface area contributed by atoms with Crippen molar-refractivity contribution in [1.29, 1.82) is 0 Å². The van der Waals surface area contributed by atoms with Crippen molar-refractivity contribution in [2.24, 2.45) is 0 Å². The average molecular weight is 395 g/mol. The maximum Gasteiger partial charge on any atom is 0.207 e. The Morgan fingerprint density at radius 1 is 1.07 bits per heavy atom. The van der Waals surface area contributed by atoms with Crippen LogP contribution in [-0.2, 0) is 13.2 Å². The second-order valence-corrected chi connectivity index (χ2v) is 7.04. The van der Waals surface area contributed by atoms with Crippen LogP contribution in [0.1, 0.15) is 5.56 Å². The second kappa shape index (κ2) is 7.92. The Morgan fingerprint density at radius 2 is 1.89 bits per heavy atom. The van der Waals surface area contributed by atoms with E-state index in [1.54, 1.807) is 23.1 Å². The molecule has 1 atom stereocenters. The molecule has 2 aromatic heterocycles. The van der Waals surface area contributed by atoms with Gasteiger partial charge in [-0.05, 0) is 48.6 Å². The summed E-state index contributed by atoms with van der Waals surface area (Å²) in [5.74, 6) is 1.08. The molecule has 5 nitrogen and oxygen atoms in total. The van der Waals surface area contributed by atoms with E-state index < -0.39 is 0 Å². The van der Waals surface area contributed by atoms with E-state index in [-0.39, 0.29) is 5.82 Å². The number of rotatable bonds is 6. The SMILES string of the molecule is C[NH+](Cc1cccc(F)c1)Cn1nc(-c2ccco2)n(-c2ccccc2)c1=S. The van der Waals surface area contributed by atoms with Crippen LogP contribution in [0, 0.1) is 10.6 Å². The lowest BCUT2D eigenvalue weighted by atomic mass is 10.2. The van der Waals surface area contributed by atoms with Crippen molar-refractivity contribution in [1.82, 2.24) is 14.3 Å². The van der Waals surface area contributed by atoms with Crippen molar-refractivity contribution >= 4 is 12.2 Å². The van der Waals surface area contributed by atoms with Gasteiger partial charge in [0.15, 0.2) is 12.4 Å². The molecule has 4 aromatic rings. The third kappa shape index (κ3) is 3.81. The Labute approximate surface area is 167 Å². The molecule has 0 aliphatic rings. The lowest BCUT2D eigenvalue weighted by molar-refractivity contribution is -0.917. The molecule has 0 amide bonds. The van der Waals surface area contributed by atoms with Crippen molar-refractivity contribution in [2.45, 2.75) is 13.2 Å². The molecule has 0 saturated carbocycles. The maximum absolute atomic E-state index is 13.5. The van der Waals surface area contributed by atoms with Gasteiger partial charge >= 0.3 is 0 Å². The third-order valence-electron chi connectivity index (χ3n) is 4.41. The molecule has 28 heavy (non-hydrogen) atoms. The Morgan fingerprint density at radius 3 is 2.61 bits per heavy atom. The number of furan rings is 1. The molecule has 7 heteroatoms. The first-order chi connectivity index (χ1) is 13.6. The zero-order valence-electron chi connectivity index (χ0n) is 15.4. The number of para-hydroxylation sites is 1. The molecule has 1 N–H and O–H groups in total. The number of nitrogens with zero attached hydrogens (tertiary/aromatic N) is 3. The molecule has 0 saturated heterocycles. The van der Waals surface area contributed by atoms with Crippen LogP contribution in [0.3, 0.4) is 0 Å². The van der Waals surface area contributed by atoms with Crippen molar-refractivity contribution in [2.75, 3.05) is 7.05 Å². The zero-order chi connectivity index (χ0) is 19.5. The highest BCUT2D eigenvalue weighted by molar-refractivity contribution is 7.71. The maximum atomic E-state index is 13.5. The smallest absolute Gasteiger partial charge is 0.207 e. The normalized spacial score (nSPS) is 12.2. The summed E-state index contributed by atoms with van der Waals surface area (Å²) in [5, 5.41) is 4.71. The van der Waals surface area contributed by atoms with Gasteiger partial charge in [0, 0.05) is 5.56 Å². The molecule has 2 heterocycles. The number of aromatic nitrogens is 3. The van der Waals surface area contributed by atoms with Gasteiger partial charge in [-0.15, -0.1) is 5.10 Å². The molecule has 0 aliphatic heterocycles. The van der Waals surface area contributed by atoms with Crippen LogP contribution in [0.4, 0.5) is 4.39 Å². The van der Waals surface area contributed by atoms with Crippen molar-refractivity contribution < 1.29 is 13.7 Å². The van der Waals surface area contributed by atoms with Gasteiger partial charge in [0.05, 0.1) is 19.0 Å². The lowest BCUT2D eigenvalue weighted by Gasteiger charge is -2.13. The number of benzene rings is 2. The predicted octanol–water partition coefficient (Wildman–Crippen LogP) is 3.47. The van der Waals surface area contributed by atoms with Gasteiger partial charge in [-0.25, -0.2) is 4.39 Å². The first kappa shape index (κ1) is 18.3. The minimum Gasteiger partial charge on any atom is -0.461 e. The fraction of sp³-hybridized carbons (Fsp3) is 0.143. The number of quaternary nitrogens is 1. The van der Waals surface area contributed by atoms with Crippen molar-refractivity contribution in [3.63, 3.8) is 0 Å². The summed E-state index contributed by atoms with van der Waals surface area (Å²) in [6.45, 7) is 1.21. The quantitative estimate of drug-likeness (QED) is 0.508. The van der Waals surface area contributed by atoms with E-state index in [1.165, 1.54) is 6.07 Å². The summed E-state index contributed by atoms with van der Waals surface area (Å²) in [5.41, 5.74) is 1.85. The average Bonchev–Trinajstić information content (AvgIpc) is 3.31. The molecular formula is C21H20FN4OS+. The number of nitrogens with one attached hydrogen (secondary N) is 1. The van der Waals surface area contributed by atoms with Gasteiger partial charge in [-0.3, -0.25) is 4.57 Å². The predicted molar refractivity (Wildman–Crippen MR) is 107 cm³/mol. The monoisotopic (exact) mass is 395 g/mol. The van der Waals surface area contributed by atoms with E-state index in [0.717, 1.165) is 16.2 Å². The fourth-order valence-corrected chi connectivity index (χ4v) is 3.49. The zero-order valence-corrected chi connectivity index (χ0v) is 16.2. The molecule has 0 spiro atoms. The van der Waals surface area contributed by atoms with Gasteiger partial charge in [-0.1, -0.05) is 30.3 Å². The van der Waals surface area contributed by atoms with Crippen LogP contribution in [0.15, 0.2) is 77.4 Å². The molecule has 0 bridgehead atoms. The van der Waals surface area contributed by atoms with E-state index in [2.05, 4.69) is 0 Å². The highest BCUT2D eigenvalue weighted by atomic mass is 32.1. The van der Waals surface area contributed by atoms with Gasteiger partial charge in [0.1, 0.15) is 12.4 Å². The van der Waals surface area contributed by atoms with E-state index in [1.807, 2.05) is 60.1 Å². The Balaban J connectivity index is 1.67. The highest BCUT2D eigenvalue weighted by Crippen LogP contribution is 2.22. The van der Waals surface area contributed by atoms with E-state index in [0.29, 0.717) is 29.6 Å². The molecular weight excluding hydrogens is 375 g/mol. The van der Waals surface area contributed by atoms with Crippen molar-refractivity contribution in [3.05, 3.63) is 89.1 Å². The lowest BCUT2D eigenvalue weighted by Crippen LogP contribution is -3.07. The van der Waals surface area contributed by atoms with Crippen LogP contribution in [0.5, 0.6) is 0 Å². The fourth-order valence-electron chi connectivity index (χ4n) is 3.19. The molecule has 142 valence electrons. The largest absolute Gasteiger partial charge is 0.461 e. The number of hydrogen-bond donors (Lipinski definition) is 1. The van der Waals surface area contributed by atoms with Crippen LogP contribution in [0.2, 0.25) is 0 Å². The summed E-state index contributed by atoms with van der Waals surface area (Å²) in [6, 6.07) is 20.2. The van der Waals surface area contributed by atoms with Gasteiger partial charge in [0.2, 0.25) is 10.6 Å². The van der Waals surface area contributed by atoms with E-state index in [9.17, 15) is 4.39 Å². The number of hydrogen-bond acceptors (Lipinski definition) is 3. The van der Waals surface area contributed by atoms with Crippen molar-refractivity contribution in [3.8, 4) is 17.3 Å². The second-order valence-electron chi connectivity index (χ2n) is 6.68. The van der Waals surface area contributed by atoms with Crippen LogP contribution in [-0.4, -0.2) is 21.4 Å². The summed E-state index contributed by atoms with van der Waals surface area (Å²) in [6.07, 6.45) is 1.62. The number of halogens is 1. The Kier molecular flexibility index (Phi) is 5.18. The molecule has 0 radical (unpaired) electrons. The molecule has 0 fully saturated rings. The first-order valence-electron chi connectivity index (χ1n) is 8.97. The van der Waals surface area contributed by atoms with Crippen LogP contribution < -0.4 is 4.90 Å². The summed E-state index contributed by atoms with van der Waals surface area (Å²) in [7, 11) is 2.03. The molecule has 4 rings (SSSR count). The highest BCUT2D eigenvalue weighted by Gasteiger charge is 2.18. The third-order valence-corrected chi connectivity index (χ3v) is 4.80. The summed E-state index contributed by atoms with van der Waals surface area (Å²) < 4.78 is 23.3. The molecule has 2 aromatic carbocycles. The van der Waals surface area contributed by atoms with Gasteiger partial charge in [-0.2, -0.15) is 4.68 Å². The van der Waals surface area contributed by atoms with Gasteiger partial charge in [0.25, 0.3) is 0 Å². The van der Waals surface area contributed by atoms with Crippen LogP contribution >= 0.6 is 12.2 Å². The minimum absolute atomic E-state index is 0.227. The topological polar surface area (TPSA) is 40.3 Å². The molecule has 1 unspecified atom stereocenters. The Bertz CT molecular complexity index is 1120.